The summed E-state index contributed by atoms with van der Waals surface area (Å²) < 4.78 is 25.7. The molecule has 0 bridgehead atoms. The number of ether oxygens (including phenoxy) is 2. The van der Waals surface area contributed by atoms with Crippen LogP contribution in [0.25, 0.3) is 0 Å². The fourth-order valence-corrected chi connectivity index (χ4v) is 2.56. The van der Waals surface area contributed by atoms with Crippen LogP contribution in [0.1, 0.15) is 31.2 Å². The fraction of sp³-hybridized carbons (Fsp3) is 0.538. The predicted octanol–water partition coefficient (Wildman–Crippen LogP) is 3.20. The number of fused-ring (bicyclic) bond motifs is 1. The fourth-order valence-electron chi connectivity index (χ4n) is 2.03. The average Bonchev–Trinajstić information content (AvgIpc) is 2.59. The van der Waals surface area contributed by atoms with Gasteiger partial charge in [0.05, 0.1) is 17.7 Å². The summed E-state index contributed by atoms with van der Waals surface area (Å²) in [6, 6.07) is 1.74. The smallest absolute Gasteiger partial charge is 0.178 e. The van der Waals surface area contributed by atoms with Gasteiger partial charge in [-0.25, -0.2) is 4.39 Å². The van der Waals surface area contributed by atoms with Crippen molar-refractivity contribution in [2.75, 3.05) is 19.8 Å². The van der Waals surface area contributed by atoms with E-state index in [1.165, 1.54) is 0 Å². The van der Waals surface area contributed by atoms with Crippen LogP contribution in [-0.2, 0) is 0 Å². The Morgan fingerprint density at radius 1 is 1.44 bits per heavy atom. The Morgan fingerprint density at radius 3 is 2.89 bits per heavy atom. The molecule has 5 heteroatoms. The highest BCUT2D eigenvalue weighted by atomic mass is 79.9. The maximum Gasteiger partial charge on any atom is 0.178 e. The molecule has 1 atom stereocenters. The topological polar surface area (TPSA) is 44.5 Å². The van der Waals surface area contributed by atoms with E-state index >= 15 is 0 Å². The third-order valence-electron chi connectivity index (χ3n) is 3.08. The lowest BCUT2D eigenvalue weighted by atomic mass is 9.97. The molecule has 0 aliphatic carbocycles. The Balaban J connectivity index is 2.43. The van der Waals surface area contributed by atoms with Crippen LogP contribution in [0.15, 0.2) is 10.5 Å². The van der Waals surface area contributed by atoms with Gasteiger partial charge in [-0.3, -0.25) is 0 Å². The van der Waals surface area contributed by atoms with Crippen molar-refractivity contribution in [3.63, 3.8) is 0 Å². The minimum atomic E-state index is -0.278. The molecule has 0 spiro atoms. The minimum absolute atomic E-state index is 0.0588. The molecule has 0 radical (unpaired) electrons. The second kappa shape index (κ2) is 5.89. The lowest BCUT2D eigenvalue weighted by molar-refractivity contribution is 0.296. The summed E-state index contributed by atoms with van der Waals surface area (Å²) in [5.74, 6) is 0.858. The van der Waals surface area contributed by atoms with Gasteiger partial charge in [-0.1, -0.05) is 6.92 Å². The third-order valence-corrected chi connectivity index (χ3v) is 3.79. The van der Waals surface area contributed by atoms with Crippen LogP contribution in [0.2, 0.25) is 0 Å². The molecular formula is C13H17BrFNO2. The van der Waals surface area contributed by atoms with E-state index in [-0.39, 0.29) is 11.7 Å². The summed E-state index contributed by atoms with van der Waals surface area (Å²) in [5, 5.41) is 0. The molecule has 1 heterocycles. The Hall–Kier alpha value is -0.810. The van der Waals surface area contributed by atoms with Gasteiger partial charge in [0.2, 0.25) is 0 Å². The second-order valence-electron chi connectivity index (χ2n) is 4.45. The zero-order valence-corrected chi connectivity index (χ0v) is 11.9. The molecule has 1 aliphatic heterocycles. The zero-order chi connectivity index (χ0) is 13.1. The lowest BCUT2D eigenvalue weighted by Crippen LogP contribution is -2.07. The van der Waals surface area contributed by atoms with Gasteiger partial charge in [0, 0.05) is 6.42 Å². The Kier molecular flexibility index (Phi) is 4.45. The summed E-state index contributed by atoms with van der Waals surface area (Å²) in [7, 11) is 0. The molecular weight excluding hydrogens is 301 g/mol. The van der Waals surface area contributed by atoms with Crippen LogP contribution >= 0.6 is 15.9 Å². The number of rotatable bonds is 3. The lowest BCUT2D eigenvalue weighted by Gasteiger charge is -2.17. The number of benzene rings is 1. The predicted molar refractivity (Wildman–Crippen MR) is 71.8 cm³/mol. The van der Waals surface area contributed by atoms with Gasteiger partial charge in [0.1, 0.15) is 5.82 Å². The van der Waals surface area contributed by atoms with Crippen molar-refractivity contribution in [3.8, 4) is 11.5 Å². The van der Waals surface area contributed by atoms with Crippen molar-refractivity contribution in [3.05, 3.63) is 21.9 Å². The Morgan fingerprint density at radius 2 is 2.17 bits per heavy atom. The van der Waals surface area contributed by atoms with E-state index in [0.29, 0.717) is 41.3 Å². The molecule has 100 valence electrons. The number of hydrogen-bond donors (Lipinski definition) is 1. The first kappa shape index (κ1) is 13.6. The second-order valence-corrected chi connectivity index (χ2v) is 5.24. The van der Waals surface area contributed by atoms with Gasteiger partial charge < -0.3 is 15.2 Å². The standard InChI is InChI=1S/C13H17BrFNO2/c1-8(3-4-16)9-7-10-13(11(14)12(9)15)18-6-2-5-17-10/h7-8H,2-6,16H2,1H3. The first-order chi connectivity index (χ1) is 8.65. The quantitative estimate of drug-likeness (QED) is 0.931. The van der Waals surface area contributed by atoms with Gasteiger partial charge in [-0.15, -0.1) is 0 Å². The van der Waals surface area contributed by atoms with Gasteiger partial charge in [-0.05, 0) is 46.4 Å². The SMILES string of the molecule is CC(CCN)c1cc2c(c(Br)c1F)OCCCO2. The molecule has 18 heavy (non-hydrogen) atoms. The molecule has 3 nitrogen and oxygen atoms in total. The van der Waals surface area contributed by atoms with Crippen LogP contribution in [0.3, 0.4) is 0 Å². The summed E-state index contributed by atoms with van der Waals surface area (Å²) >= 11 is 3.26. The molecule has 2 N–H and O–H groups in total. The molecule has 2 rings (SSSR count). The normalized spacial score (nSPS) is 16.2. The minimum Gasteiger partial charge on any atom is -0.490 e. The molecule has 0 saturated heterocycles. The molecule has 1 aromatic carbocycles. The van der Waals surface area contributed by atoms with Crippen molar-refractivity contribution < 1.29 is 13.9 Å². The third kappa shape index (κ3) is 2.62. The summed E-state index contributed by atoms with van der Waals surface area (Å²) in [4.78, 5) is 0. The molecule has 0 aromatic heterocycles. The highest BCUT2D eigenvalue weighted by molar-refractivity contribution is 9.10. The van der Waals surface area contributed by atoms with Gasteiger partial charge in [-0.2, -0.15) is 0 Å². The number of hydrogen-bond acceptors (Lipinski definition) is 3. The molecule has 0 amide bonds. The van der Waals surface area contributed by atoms with E-state index in [4.69, 9.17) is 15.2 Å². The molecule has 1 aliphatic rings. The van der Waals surface area contributed by atoms with E-state index in [9.17, 15) is 4.39 Å². The van der Waals surface area contributed by atoms with E-state index in [0.717, 1.165) is 12.8 Å². The molecule has 0 saturated carbocycles. The van der Waals surface area contributed by atoms with Gasteiger partial charge in [0.15, 0.2) is 11.5 Å². The van der Waals surface area contributed by atoms with E-state index in [1.54, 1.807) is 6.07 Å². The van der Waals surface area contributed by atoms with Gasteiger partial charge >= 0.3 is 0 Å². The molecule has 1 aromatic rings. The summed E-state index contributed by atoms with van der Waals surface area (Å²) in [5.41, 5.74) is 6.15. The van der Waals surface area contributed by atoms with Crippen LogP contribution in [0.5, 0.6) is 11.5 Å². The number of nitrogens with two attached hydrogens (primary N) is 1. The molecule has 1 unspecified atom stereocenters. The first-order valence-electron chi connectivity index (χ1n) is 6.12. The largest absolute Gasteiger partial charge is 0.490 e. The molecule has 0 fully saturated rings. The maximum atomic E-state index is 14.3. The number of halogens is 2. The summed E-state index contributed by atoms with van der Waals surface area (Å²) in [6.45, 7) is 3.63. The van der Waals surface area contributed by atoms with Crippen molar-refractivity contribution >= 4 is 15.9 Å². The Bertz CT molecular complexity index is 439. The van der Waals surface area contributed by atoms with Crippen molar-refractivity contribution in [1.29, 1.82) is 0 Å². The average molecular weight is 318 g/mol. The van der Waals surface area contributed by atoms with E-state index in [1.807, 2.05) is 6.92 Å². The van der Waals surface area contributed by atoms with Crippen molar-refractivity contribution in [1.82, 2.24) is 0 Å². The van der Waals surface area contributed by atoms with Crippen LogP contribution in [-0.4, -0.2) is 19.8 Å². The van der Waals surface area contributed by atoms with Crippen LogP contribution in [0.4, 0.5) is 4.39 Å². The zero-order valence-electron chi connectivity index (χ0n) is 10.3. The first-order valence-corrected chi connectivity index (χ1v) is 6.92. The van der Waals surface area contributed by atoms with Crippen LogP contribution in [0, 0.1) is 5.82 Å². The van der Waals surface area contributed by atoms with E-state index in [2.05, 4.69) is 15.9 Å². The summed E-state index contributed by atoms with van der Waals surface area (Å²) in [6.07, 6.45) is 1.54. The highest BCUT2D eigenvalue weighted by Gasteiger charge is 2.23. The van der Waals surface area contributed by atoms with Crippen molar-refractivity contribution in [2.45, 2.75) is 25.7 Å². The monoisotopic (exact) mass is 317 g/mol. The maximum absolute atomic E-state index is 14.3. The van der Waals surface area contributed by atoms with Gasteiger partial charge in [0.25, 0.3) is 0 Å². The van der Waals surface area contributed by atoms with Crippen molar-refractivity contribution in [2.24, 2.45) is 5.73 Å². The van der Waals surface area contributed by atoms with Crippen LogP contribution < -0.4 is 15.2 Å². The highest BCUT2D eigenvalue weighted by Crippen LogP contribution is 2.42. The van der Waals surface area contributed by atoms with E-state index < -0.39 is 0 Å². The Labute approximate surface area is 115 Å².